The third kappa shape index (κ3) is 6.21. The summed E-state index contributed by atoms with van der Waals surface area (Å²) in [6.45, 7) is 7.93. The Bertz CT molecular complexity index is 1320. The molecule has 0 N–H and O–H groups in total. The molecule has 0 aliphatic carbocycles. The summed E-state index contributed by atoms with van der Waals surface area (Å²) in [5.74, 6) is 1.04. The Morgan fingerprint density at radius 3 is 2.66 bits per heavy atom. The largest absolute Gasteiger partial charge is 0.490 e. The zero-order valence-corrected chi connectivity index (χ0v) is 23.9. The second kappa shape index (κ2) is 12.0. The van der Waals surface area contributed by atoms with Crippen molar-refractivity contribution in [3.63, 3.8) is 0 Å². The minimum Gasteiger partial charge on any atom is -0.490 e. The molecule has 0 fully saturated rings. The fraction of sp³-hybridized carbons (Fsp3) is 0.360. The lowest BCUT2D eigenvalue weighted by Crippen LogP contribution is -2.25. The Morgan fingerprint density at radius 1 is 1.26 bits per heavy atom. The van der Waals surface area contributed by atoms with Crippen LogP contribution in [0.1, 0.15) is 51.4 Å². The maximum Gasteiger partial charge on any atom is 0.346 e. The first-order valence-corrected chi connectivity index (χ1v) is 13.0. The molecule has 0 radical (unpaired) electrons. The zero-order valence-electron chi connectivity index (χ0n) is 20.2. The van der Waals surface area contributed by atoms with Crippen molar-refractivity contribution < 1.29 is 19.0 Å². The molecule has 35 heavy (non-hydrogen) atoms. The number of ether oxygens (including phenoxy) is 3. The van der Waals surface area contributed by atoms with Crippen LogP contribution in [-0.4, -0.2) is 41.7 Å². The van der Waals surface area contributed by atoms with Crippen molar-refractivity contribution in [3.8, 4) is 11.5 Å². The van der Waals surface area contributed by atoms with Crippen molar-refractivity contribution in [2.24, 2.45) is 5.10 Å². The molecule has 2 aromatic carbocycles. The molecule has 0 saturated carbocycles. The van der Waals surface area contributed by atoms with Crippen LogP contribution >= 0.6 is 38.5 Å². The molecule has 0 aliphatic heterocycles. The molecule has 10 heteroatoms. The number of fused-ring (bicyclic) bond motifs is 1. The van der Waals surface area contributed by atoms with Crippen LogP contribution in [0.3, 0.4) is 0 Å². The zero-order chi connectivity index (χ0) is 25.7. The molecule has 8 nitrogen and oxygen atoms in total. The highest BCUT2D eigenvalue weighted by Crippen LogP contribution is 2.35. The van der Waals surface area contributed by atoms with Crippen LogP contribution in [0.4, 0.5) is 0 Å². The van der Waals surface area contributed by atoms with Crippen molar-refractivity contribution in [3.05, 3.63) is 60.1 Å². The molecule has 3 rings (SSSR count). The van der Waals surface area contributed by atoms with Gasteiger partial charge in [-0.05, 0) is 78.8 Å². The van der Waals surface area contributed by atoms with E-state index in [1.54, 1.807) is 25.3 Å². The molecule has 0 bridgehead atoms. The highest BCUT2D eigenvalue weighted by molar-refractivity contribution is 14.1. The lowest BCUT2D eigenvalue weighted by molar-refractivity contribution is -0.148. The summed E-state index contributed by atoms with van der Waals surface area (Å²) >= 11 is 5.54. The van der Waals surface area contributed by atoms with E-state index in [2.05, 4.69) is 43.6 Å². The van der Waals surface area contributed by atoms with E-state index in [0.29, 0.717) is 40.4 Å². The van der Waals surface area contributed by atoms with Crippen LogP contribution in [0.15, 0.2) is 44.7 Å². The number of nitrogens with zero attached hydrogens (tertiary/aromatic N) is 3. The Balaban J connectivity index is 2.09. The molecule has 0 amide bonds. The van der Waals surface area contributed by atoms with Crippen LogP contribution in [0, 0.1) is 3.57 Å². The molecule has 0 aliphatic rings. The van der Waals surface area contributed by atoms with Gasteiger partial charge in [0.2, 0.25) is 0 Å². The summed E-state index contributed by atoms with van der Waals surface area (Å²) < 4.78 is 19.2. The summed E-state index contributed by atoms with van der Waals surface area (Å²) in [7, 11) is 1.31. The van der Waals surface area contributed by atoms with E-state index in [-0.39, 0.29) is 11.5 Å². The van der Waals surface area contributed by atoms with E-state index in [1.165, 1.54) is 11.8 Å². The summed E-state index contributed by atoms with van der Waals surface area (Å²) in [6.07, 6.45) is 1.60. The molecule has 2 atom stereocenters. The number of carbonyl (C=O) groups excluding carboxylic acids is 1. The average Bonchev–Trinajstić information content (AvgIpc) is 2.84. The number of esters is 1. The van der Waals surface area contributed by atoms with E-state index in [1.807, 2.05) is 39.0 Å². The summed E-state index contributed by atoms with van der Waals surface area (Å²) in [6, 6.07) is 9.04. The Labute approximate surface area is 225 Å². The van der Waals surface area contributed by atoms with Gasteiger partial charge >= 0.3 is 5.97 Å². The molecule has 0 unspecified atom stereocenters. The lowest BCUT2D eigenvalue weighted by Gasteiger charge is -2.18. The molecular weight excluding hydrogens is 629 g/mol. The SMILES string of the molecule is CCOc1cc(C=Nn2c([C@@H](C)CC)nc3ccc(Br)cc3c2=O)cc(I)c1O[C@@H](C)C(=O)OC. The van der Waals surface area contributed by atoms with Gasteiger partial charge in [-0.15, -0.1) is 0 Å². The van der Waals surface area contributed by atoms with Crippen molar-refractivity contribution >= 4 is 61.6 Å². The average molecular weight is 656 g/mol. The molecule has 0 spiro atoms. The molecule has 0 saturated heterocycles. The van der Waals surface area contributed by atoms with Crippen LogP contribution in [0.2, 0.25) is 0 Å². The van der Waals surface area contributed by atoms with E-state index >= 15 is 0 Å². The normalized spacial score (nSPS) is 13.1. The monoisotopic (exact) mass is 655 g/mol. The van der Waals surface area contributed by atoms with Gasteiger partial charge < -0.3 is 14.2 Å². The van der Waals surface area contributed by atoms with Gasteiger partial charge in [0.15, 0.2) is 17.6 Å². The number of hydrogen-bond acceptors (Lipinski definition) is 7. The maximum atomic E-state index is 13.3. The number of methoxy groups -OCH3 is 1. The van der Waals surface area contributed by atoms with Gasteiger partial charge in [0.1, 0.15) is 5.82 Å². The number of halogens is 2. The molecule has 3 aromatic rings. The first kappa shape index (κ1) is 27.1. The van der Waals surface area contributed by atoms with Crippen LogP contribution in [0.25, 0.3) is 10.9 Å². The quantitative estimate of drug-likeness (QED) is 0.172. The molecule has 1 heterocycles. The highest BCUT2D eigenvalue weighted by atomic mass is 127. The fourth-order valence-electron chi connectivity index (χ4n) is 3.33. The summed E-state index contributed by atoms with van der Waals surface area (Å²) in [5.41, 5.74) is 1.09. The minimum atomic E-state index is -0.799. The molecular formula is C25H27BrIN3O5. The predicted octanol–water partition coefficient (Wildman–Crippen LogP) is 5.50. The van der Waals surface area contributed by atoms with Gasteiger partial charge in [0, 0.05) is 10.4 Å². The van der Waals surface area contributed by atoms with E-state index in [0.717, 1.165) is 14.5 Å². The van der Waals surface area contributed by atoms with Crippen LogP contribution < -0.4 is 15.0 Å². The van der Waals surface area contributed by atoms with E-state index in [4.69, 9.17) is 19.2 Å². The number of benzene rings is 2. The third-order valence-corrected chi connectivity index (χ3v) is 6.66. The van der Waals surface area contributed by atoms with Gasteiger partial charge in [-0.1, -0.05) is 29.8 Å². The first-order valence-electron chi connectivity index (χ1n) is 11.2. The van der Waals surface area contributed by atoms with Crippen molar-refractivity contribution in [1.82, 2.24) is 9.66 Å². The fourth-order valence-corrected chi connectivity index (χ4v) is 4.45. The van der Waals surface area contributed by atoms with E-state index < -0.39 is 12.1 Å². The van der Waals surface area contributed by atoms with Crippen LogP contribution in [0.5, 0.6) is 11.5 Å². The number of carbonyl (C=O) groups is 1. The number of rotatable bonds is 9. The van der Waals surface area contributed by atoms with Crippen molar-refractivity contribution in [2.75, 3.05) is 13.7 Å². The van der Waals surface area contributed by atoms with Gasteiger partial charge in [-0.3, -0.25) is 4.79 Å². The van der Waals surface area contributed by atoms with E-state index in [9.17, 15) is 9.59 Å². The molecule has 186 valence electrons. The van der Waals surface area contributed by atoms with Crippen LogP contribution in [-0.2, 0) is 9.53 Å². The predicted molar refractivity (Wildman–Crippen MR) is 148 cm³/mol. The van der Waals surface area contributed by atoms with Gasteiger partial charge in [0.25, 0.3) is 5.56 Å². The lowest BCUT2D eigenvalue weighted by atomic mass is 10.1. The van der Waals surface area contributed by atoms with Gasteiger partial charge in [-0.2, -0.15) is 9.78 Å². The summed E-state index contributed by atoms with van der Waals surface area (Å²) in [5, 5.41) is 5.01. The Hall–Kier alpha value is -2.47. The minimum absolute atomic E-state index is 0.0302. The standard InChI is InChI=1S/C25H27BrIN3O5/c1-6-14(3)23-29-20-9-8-17(26)12-18(20)24(31)30(23)28-13-16-10-19(27)22(21(11-16)34-7-2)35-15(4)25(32)33-5/h8-15H,6-7H2,1-5H3/t14-,15-/m0/s1. The van der Waals surface area contributed by atoms with Gasteiger partial charge in [0.05, 0.1) is 34.4 Å². The second-order valence-electron chi connectivity index (χ2n) is 7.85. The van der Waals surface area contributed by atoms with Gasteiger partial charge in [-0.25, -0.2) is 9.78 Å². The molecule has 1 aromatic heterocycles. The third-order valence-electron chi connectivity index (χ3n) is 5.37. The summed E-state index contributed by atoms with van der Waals surface area (Å²) in [4.78, 5) is 29.9. The number of hydrogen-bond donors (Lipinski definition) is 0. The maximum absolute atomic E-state index is 13.3. The first-order chi connectivity index (χ1) is 16.7. The van der Waals surface area contributed by atoms with Crippen molar-refractivity contribution in [2.45, 2.75) is 46.1 Å². The smallest absolute Gasteiger partial charge is 0.346 e. The second-order valence-corrected chi connectivity index (χ2v) is 9.93. The number of aromatic nitrogens is 2. The highest BCUT2D eigenvalue weighted by Gasteiger charge is 2.20. The Kier molecular flexibility index (Phi) is 9.28. The Morgan fingerprint density at radius 2 is 2.00 bits per heavy atom. The topological polar surface area (TPSA) is 92.0 Å². The van der Waals surface area contributed by atoms with Crippen molar-refractivity contribution in [1.29, 1.82) is 0 Å².